The molecule has 1 aliphatic heterocycles. The van der Waals surface area contributed by atoms with Crippen molar-refractivity contribution < 1.29 is 14.3 Å². The molecular weight excluding hydrogens is 368 g/mol. The molecule has 1 aliphatic carbocycles. The molecule has 0 saturated carbocycles. The second kappa shape index (κ2) is 7.21. The second-order valence-corrected chi connectivity index (χ2v) is 9.04. The van der Waals surface area contributed by atoms with Gasteiger partial charge < -0.3 is 15.0 Å². The van der Waals surface area contributed by atoms with E-state index in [-0.39, 0.29) is 23.8 Å². The predicted molar refractivity (Wildman–Crippen MR) is 110 cm³/mol. The number of para-hydroxylation sites is 2. The van der Waals surface area contributed by atoms with Gasteiger partial charge in [-0.3, -0.25) is 14.7 Å². The average molecular weight is 396 g/mol. The standard InChI is InChI=1S/C22H28N4O3/c1-22(2,3)13-9-10-15-14(11-13)19(25-24-15)20(27)23-16-12-29-18-8-6-5-7-17(18)26(4)21(16)28/h5-8,13,16H,9-12H2,1-4H3,(H,23,27)(H,24,25)/t13-,16-/m0/s1. The van der Waals surface area contributed by atoms with Crippen LogP contribution >= 0.6 is 0 Å². The van der Waals surface area contributed by atoms with Crippen LogP contribution in [0.15, 0.2) is 24.3 Å². The van der Waals surface area contributed by atoms with E-state index in [9.17, 15) is 9.59 Å². The van der Waals surface area contributed by atoms with E-state index < -0.39 is 6.04 Å². The fraction of sp³-hybridized carbons (Fsp3) is 0.500. The summed E-state index contributed by atoms with van der Waals surface area (Å²) in [4.78, 5) is 27.4. The Kier molecular flexibility index (Phi) is 4.84. The number of aromatic nitrogens is 2. The normalized spacial score (nSPS) is 21.7. The van der Waals surface area contributed by atoms with Crippen LogP contribution in [0.1, 0.15) is 48.9 Å². The lowest BCUT2D eigenvalue weighted by atomic mass is 9.71. The third kappa shape index (κ3) is 3.61. The van der Waals surface area contributed by atoms with Gasteiger partial charge >= 0.3 is 0 Å². The van der Waals surface area contributed by atoms with Gasteiger partial charge in [0.05, 0.1) is 5.69 Å². The number of hydrogen-bond acceptors (Lipinski definition) is 4. The van der Waals surface area contributed by atoms with Crippen LogP contribution < -0.4 is 15.0 Å². The van der Waals surface area contributed by atoms with E-state index in [1.165, 1.54) is 4.90 Å². The smallest absolute Gasteiger partial charge is 0.272 e. The number of amides is 2. The number of fused-ring (bicyclic) bond motifs is 2. The molecular formula is C22H28N4O3. The van der Waals surface area contributed by atoms with Crippen molar-refractivity contribution in [3.63, 3.8) is 0 Å². The number of aromatic amines is 1. The van der Waals surface area contributed by atoms with Crippen molar-refractivity contribution in [3.8, 4) is 5.75 Å². The first-order valence-electron chi connectivity index (χ1n) is 10.1. The van der Waals surface area contributed by atoms with Crippen LogP contribution in [0.2, 0.25) is 0 Å². The molecule has 0 bridgehead atoms. The zero-order valence-electron chi connectivity index (χ0n) is 17.4. The number of anilines is 1. The van der Waals surface area contributed by atoms with Gasteiger partial charge in [0.25, 0.3) is 11.8 Å². The maximum absolute atomic E-state index is 13.0. The maximum Gasteiger partial charge on any atom is 0.272 e. The Balaban J connectivity index is 1.53. The number of likely N-dealkylation sites (N-methyl/N-ethyl adjacent to an activating group) is 1. The maximum atomic E-state index is 13.0. The first kappa shape index (κ1) is 19.5. The first-order chi connectivity index (χ1) is 13.8. The number of rotatable bonds is 2. The molecule has 2 N–H and O–H groups in total. The molecule has 1 aromatic carbocycles. The van der Waals surface area contributed by atoms with Crippen molar-refractivity contribution in [3.05, 3.63) is 41.2 Å². The van der Waals surface area contributed by atoms with Crippen LogP contribution in [0.3, 0.4) is 0 Å². The molecule has 0 radical (unpaired) electrons. The minimum atomic E-state index is -0.769. The number of nitrogens with one attached hydrogen (secondary N) is 2. The van der Waals surface area contributed by atoms with E-state index in [1.807, 2.05) is 24.3 Å². The van der Waals surface area contributed by atoms with Crippen LogP contribution in [-0.2, 0) is 17.6 Å². The van der Waals surface area contributed by atoms with Crippen LogP contribution in [-0.4, -0.2) is 41.7 Å². The molecule has 29 heavy (non-hydrogen) atoms. The average Bonchev–Trinajstić information content (AvgIpc) is 3.08. The summed E-state index contributed by atoms with van der Waals surface area (Å²) in [6.45, 7) is 6.79. The van der Waals surface area contributed by atoms with Crippen molar-refractivity contribution in [1.82, 2.24) is 15.5 Å². The number of carbonyl (C=O) groups excluding carboxylic acids is 2. The number of benzene rings is 1. The molecule has 2 heterocycles. The summed E-state index contributed by atoms with van der Waals surface area (Å²) in [5, 5.41) is 10.2. The molecule has 1 aromatic heterocycles. The van der Waals surface area contributed by atoms with Gasteiger partial charge in [0.2, 0.25) is 0 Å². The molecule has 0 spiro atoms. The van der Waals surface area contributed by atoms with Gasteiger partial charge in [-0.2, -0.15) is 5.10 Å². The summed E-state index contributed by atoms with van der Waals surface area (Å²) >= 11 is 0. The van der Waals surface area contributed by atoms with E-state index in [0.717, 1.165) is 30.5 Å². The monoisotopic (exact) mass is 396 g/mol. The van der Waals surface area contributed by atoms with E-state index >= 15 is 0 Å². The fourth-order valence-corrected chi connectivity index (χ4v) is 4.21. The van der Waals surface area contributed by atoms with Crippen molar-refractivity contribution in [1.29, 1.82) is 0 Å². The molecule has 2 amide bonds. The summed E-state index contributed by atoms with van der Waals surface area (Å²) in [5.41, 5.74) is 3.27. The minimum absolute atomic E-state index is 0.0865. The number of H-pyrrole nitrogens is 1. The molecule has 2 atom stereocenters. The highest BCUT2D eigenvalue weighted by Crippen LogP contribution is 2.37. The van der Waals surface area contributed by atoms with Gasteiger partial charge in [-0.05, 0) is 42.7 Å². The van der Waals surface area contributed by atoms with Crippen LogP contribution in [0.25, 0.3) is 0 Å². The van der Waals surface area contributed by atoms with Gasteiger partial charge in [-0.25, -0.2) is 0 Å². The Morgan fingerprint density at radius 2 is 2.07 bits per heavy atom. The summed E-state index contributed by atoms with van der Waals surface area (Å²) in [5.74, 6) is 0.575. The van der Waals surface area contributed by atoms with Gasteiger partial charge in [0, 0.05) is 18.3 Å². The Morgan fingerprint density at radius 3 is 2.83 bits per heavy atom. The van der Waals surface area contributed by atoms with Crippen LogP contribution in [0.4, 0.5) is 5.69 Å². The van der Waals surface area contributed by atoms with E-state index in [1.54, 1.807) is 7.05 Å². The number of aryl methyl sites for hydroxylation is 1. The summed E-state index contributed by atoms with van der Waals surface area (Å²) in [6, 6.07) is 6.59. The highest BCUT2D eigenvalue weighted by molar-refractivity contribution is 6.03. The topological polar surface area (TPSA) is 87.3 Å². The molecule has 154 valence electrons. The lowest BCUT2D eigenvalue weighted by Gasteiger charge is -2.33. The van der Waals surface area contributed by atoms with Crippen molar-refractivity contribution in [2.45, 2.75) is 46.1 Å². The van der Waals surface area contributed by atoms with E-state index in [2.05, 4.69) is 36.3 Å². The fourth-order valence-electron chi connectivity index (χ4n) is 4.21. The summed E-state index contributed by atoms with van der Waals surface area (Å²) in [6.07, 6.45) is 2.79. The van der Waals surface area contributed by atoms with Gasteiger partial charge in [0.1, 0.15) is 18.4 Å². The molecule has 4 rings (SSSR count). The zero-order chi connectivity index (χ0) is 20.8. The van der Waals surface area contributed by atoms with Crippen molar-refractivity contribution >= 4 is 17.5 Å². The molecule has 0 saturated heterocycles. The third-order valence-corrected chi connectivity index (χ3v) is 6.15. The number of carbonyl (C=O) groups is 2. The van der Waals surface area contributed by atoms with E-state index in [4.69, 9.17) is 4.74 Å². The highest BCUT2D eigenvalue weighted by atomic mass is 16.5. The van der Waals surface area contributed by atoms with Gasteiger partial charge in [0.15, 0.2) is 5.69 Å². The summed E-state index contributed by atoms with van der Waals surface area (Å²) in [7, 11) is 1.69. The Morgan fingerprint density at radius 1 is 1.31 bits per heavy atom. The van der Waals surface area contributed by atoms with Crippen LogP contribution in [0, 0.1) is 11.3 Å². The predicted octanol–water partition coefficient (Wildman–Crippen LogP) is 2.71. The molecule has 0 unspecified atom stereocenters. The number of ether oxygens (including phenoxy) is 1. The van der Waals surface area contributed by atoms with Gasteiger partial charge in [-0.1, -0.05) is 32.9 Å². The lowest BCUT2D eigenvalue weighted by Crippen LogP contribution is -2.49. The summed E-state index contributed by atoms with van der Waals surface area (Å²) < 4.78 is 5.79. The Labute approximate surface area is 170 Å². The molecule has 0 fully saturated rings. The van der Waals surface area contributed by atoms with Crippen molar-refractivity contribution in [2.24, 2.45) is 11.3 Å². The molecule has 7 heteroatoms. The van der Waals surface area contributed by atoms with E-state index in [0.29, 0.717) is 23.0 Å². The Hall–Kier alpha value is -2.83. The number of nitrogens with zero attached hydrogens (tertiary/aromatic N) is 2. The highest BCUT2D eigenvalue weighted by Gasteiger charge is 2.35. The van der Waals surface area contributed by atoms with Crippen molar-refractivity contribution in [2.75, 3.05) is 18.6 Å². The van der Waals surface area contributed by atoms with Crippen LogP contribution in [0.5, 0.6) is 5.75 Å². The minimum Gasteiger partial charge on any atom is -0.489 e. The second-order valence-electron chi connectivity index (χ2n) is 9.04. The Bertz CT molecular complexity index is 944. The largest absolute Gasteiger partial charge is 0.489 e. The first-order valence-corrected chi connectivity index (χ1v) is 10.1. The molecule has 2 aromatic rings. The number of hydrogen-bond donors (Lipinski definition) is 2. The molecule has 7 nitrogen and oxygen atoms in total. The lowest BCUT2D eigenvalue weighted by molar-refractivity contribution is -0.120. The molecule has 2 aliphatic rings. The SMILES string of the molecule is CN1C(=O)[C@@H](NC(=O)c2n[nH]c3c2C[C@@H](C(C)(C)C)CC3)COc2ccccc21. The zero-order valence-corrected chi connectivity index (χ0v) is 17.4. The third-order valence-electron chi connectivity index (χ3n) is 6.15. The quantitative estimate of drug-likeness (QED) is 0.817. The van der Waals surface area contributed by atoms with Gasteiger partial charge in [-0.15, -0.1) is 0 Å².